The number of aromatic nitrogens is 3. The number of rotatable bonds is 4. The third-order valence-electron chi connectivity index (χ3n) is 4.10. The van der Waals surface area contributed by atoms with E-state index in [0.717, 1.165) is 23.9 Å². The summed E-state index contributed by atoms with van der Waals surface area (Å²) in [7, 11) is 0. The number of carbonyl (C=O) groups is 1. The number of hydrogen-bond donors (Lipinski definition) is 2. The van der Waals surface area contributed by atoms with E-state index in [4.69, 9.17) is 4.74 Å². The molecule has 0 radical (unpaired) electrons. The van der Waals surface area contributed by atoms with Gasteiger partial charge in [0.2, 0.25) is 0 Å². The Kier molecular flexibility index (Phi) is 4.11. The van der Waals surface area contributed by atoms with Gasteiger partial charge in [-0.15, -0.1) is 0 Å². The second-order valence-electron chi connectivity index (χ2n) is 7.29. The zero-order valence-corrected chi connectivity index (χ0v) is 14.6. The van der Waals surface area contributed by atoms with Crippen molar-refractivity contribution in [2.45, 2.75) is 58.6 Å². The first kappa shape index (κ1) is 16.5. The number of carbonyl (C=O) groups excluding carboxylic acids is 1. The predicted molar refractivity (Wildman–Crippen MR) is 91.3 cm³/mol. The van der Waals surface area contributed by atoms with Gasteiger partial charge in [0.15, 0.2) is 0 Å². The number of fused-ring (bicyclic) bond motifs is 1. The molecule has 0 atom stereocenters. The van der Waals surface area contributed by atoms with E-state index < -0.39 is 11.7 Å². The van der Waals surface area contributed by atoms with Crippen LogP contribution in [0.2, 0.25) is 0 Å². The molecule has 1 aliphatic rings. The Balaban J connectivity index is 1.83. The molecule has 0 aliphatic heterocycles. The molecule has 1 fully saturated rings. The normalized spacial score (nSPS) is 14.8. The smallest absolute Gasteiger partial charge is 0.407 e. The highest BCUT2D eigenvalue weighted by molar-refractivity contribution is 5.80. The summed E-state index contributed by atoms with van der Waals surface area (Å²) in [4.78, 5) is 31.0. The average Bonchev–Trinajstić information content (AvgIpc) is 3.24. The van der Waals surface area contributed by atoms with Crippen LogP contribution in [-0.2, 0) is 11.3 Å². The zero-order chi connectivity index (χ0) is 17.5. The van der Waals surface area contributed by atoms with Crippen LogP contribution < -0.4 is 10.9 Å². The molecule has 0 spiro atoms. The fourth-order valence-electron chi connectivity index (χ4n) is 3.06. The van der Waals surface area contributed by atoms with E-state index >= 15 is 0 Å². The van der Waals surface area contributed by atoms with Crippen LogP contribution in [0.1, 0.15) is 50.8 Å². The first-order valence-corrected chi connectivity index (χ1v) is 8.31. The first-order valence-electron chi connectivity index (χ1n) is 8.31. The molecule has 2 aromatic heterocycles. The Morgan fingerprint density at radius 1 is 1.46 bits per heavy atom. The van der Waals surface area contributed by atoms with Gasteiger partial charge in [0.1, 0.15) is 11.1 Å². The Labute approximate surface area is 140 Å². The molecule has 3 rings (SSSR count). The van der Waals surface area contributed by atoms with E-state index in [1.165, 1.54) is 12.0 Å². The van der Waals surface area contributed by atoms with E-state index in [9.17, 15) is 9.59 Å². The number of alkyl carbamates (subject to hydrolysis) is 1. The molecular weight excluding hydrogens is 308 g/mol. The summed E-state index contributed by atoms with van der Waals surface area (Å²) in [6.45, 7) is 8.40. The van der Waals surface area contributed by atoms with Crippen molar-refractivity contribution < 1.29 is 9.53 Å². The van der Waals surface area contributed by atoms with E-state index in [2.05, 4.69) is 15.3 Å². The van der Waals surface area contributed by atoms with Gasteiger partial charge in [0, 0.05) is 18.8 Å². The molecule has 130 valence electrons. The van der Waals surface area contributed by atoms with Crippen molar-refractivity contribution >= 4 is 17.1 Å². The lowest BCUT2D eigenvalue weighted by Crippen LogP contribution is -2.34. The van der Waals surface area contributed by atoms with Gasteiger partial charge in [0.05, 0.1) is 11.8 Å². The number of nitrogens with zero attached hydrogens (tertiary/aromatic N) is 2. The fourth-order valence-corrected chi connectivity index (χ4v) is 3.06. The fraction of sp³-hybridized carbons (Fsp3) is 0.588. The minimum absolute atomic E-state index is 0.146. The second-order valence-corrected chi connectivity index (χ2v) is 7.29. The number of aromatic amines is 1. The molecule has 1 aliphatic carbocycles. The van der Waals surface area contributed by atoms with Crippen LogP contribution in [0.4, 0.5) is 4.79 Å². The lowest BCUT2D eigenvalue weighted by atomic mass is 10.2. The summed E-state index contributed by atoms with van der Waals surface area (Å²) >= 11 is 0. The average molecular weight is 332 g/mol. The van der Waals surface area contributed by atoms with E-state index in [1.54, 1.807) is 0 Å². The van der Waals surface area contributed by atoms with E-state index in [0.29, 0.717) is 24.5 Å². The monoisotopic (exact) mass is 332 g/mol. The van der Waals surface area contributed by atoms with Crippen molar-refractivity contribution in [3.63, 3.8) is 0 Å². The molecule has 2 aromatic rings. The van der Waals surface area contributed by atoms with Gasteiger partial charge < -0.3 is 19.6 Å². The number of H-pyrrole nitrogens is 1. The Morgan fingerprint density at radius 2 is 2.17 bits per heavy atom. The van der Waals surface area contributed by atoms with Gasteiger partial charge in [-0.2, -0.15) is 0 Å². The first-order chi connectivity index (χ1) is 11.3. The molecule has 0 aromatic carbocycles. The highest BCUT2D eigenvalue weighted by atomic mass is 16.6. The van der Waals surface area contributed by atoms with Crippen LogP contribution in [0, 0.1) is 6.92 Å². The lowest BCUT2D eigenvalue weighted by molar-refractivity contribution is 0.0526. The summed E-state index contributed by atoms with van der Waals surface area (Å²) in [5, 5.41) is 2.75. The van der Waals surface area contributed by atoms with Crippen LogP contribution in [0.15, 0.2) is 11.1 Å². The highest BCUT2D eigenvalue weighted by Gasteiger charge is 2.31. The van der Waals surface area contributed by atoms with Gasteiger partial charge in [-0.3, -0.25) is 4.79 Å². The van der Waals surface area contributed by atoms with Gasteiger partial charge in [-0.25, -0.2) is 9.78 Å². The van der Waals surface area contributed by atoms with Crippen molar-refractivity contribution in [1.82, 2.24) is 19.9 Å². The summed E-state index contributed by atoms with van der Waals surface area (Å²) in [5.74, 6) is 0.486. The van der Waals surface area contributed by atoms with Crippen molar-refractivity contribution in [1.29, 1.82) is 0 Å². The van der Waals surface area contributed by atoms with Crippen LogP contribution in [0.25, 0.3) is 11.0 Å². The maximum atomic E-state index is 12.3. The van der Waals surface area contributed by atoms with Crippen molar-refractivity contribution in [3.8, 4) is 0 Å². The van der Waals surface area contributed by atoms with Gasteiger partial charge in [0.25, 0.3) is 5.56 Å². The minimum Gasteiger partial charge on any atom is -0.444 e. The molecule has 7 heteroatoms. The number of amides is 1. The molecule has 24 heavy (non-hydrogen) atoms. The van der Waals surface area contributed by atoms with Crippen molar-refractivity contribution in [3.05, 3.63) is 27.9 Å². The Hall–Kier alpha value is -2.31. The summed E-state index contributed by atoms with van der Waals surface area (Å²) in [6.07, 6.45) is 3.26. The maximum Gasteiger partial charge on any atom is 0.407 e. The molecule has 1 amide bonds. The number of nitrogens with one attached hydrogen (secondary N) is 2. The topological polar surface area (TPSA) is 89.0 Å². The van der Waals surface area contributed by atoms with Crippen molar-refractivity contribution in [2.75, 3.05) is 6.54 Å². The number of hydrogen-bond acceptors (Lipinski definition) is 4. The molecule has 0 saturated heterocycles. The number of aryl methyl sites for hydroxylation is 1. The van der Waals surface area contributed by atoms with Crippen LogP contribution in [0.5, 0.6) is 0 Å². The third kappa shape index (κ3) is 3.29. The molecule has 2 heterocycles. The molecule has 0 bridgehead atoms. The summed E-state index contributed by atoms with van der Waals surface area (Å²) < 4.78 is 7.25. The SMILES string of the molecule is Cc1c(C2CC2)n(CCNC(=O)OC(C)(C)C)c2c(=O)[nH]cnc12. The van der Waals surface area contributed by atoms with Gasteiger partial charge in [-0.1, -0.05) is 0 Å². The molecule has 2 N–H and O–H groups in total. The molecule has 1 saturated carbocycles. The lowest BCUT2D eigenvalue weighted by Gasteiger charge is -2.20. The Bertz CT molecular complexity index is 825. The largest absolute Gasteiger partial charge is 0.444 e. The van der Waals surface area contributed by atoms with E-state index in [1.807, 2.05) is 32.3 Å². The van der Waals surface area contributed by atoms with Crippen LogP contribution in [-0.4, -0.2) is 32.8 Å². The third-order valence-corrected chi connectivity index (χ3v) is 4.10. The maximum absolute atomic E-state index is 12.3. The molecule has 7 nitrogen and oxygen atoms in total. The number of ether oxygens (including phenoxy) is 1. The predicted octanol–water partition coefficient (Wildman–Crippen LogP) is 2.44. The van der Waals surface area contributed by atoms with Crippen LogP contribution in [0.3, 0.4) is 0 Å². The highest BCUT2D eigenvalue weighted by Crippen LogP contribution is 2.43. The standard InChI is InChI=1S/C17H24N4O3/c1-10-12-14(15(22)20-9-19-12)21(13(10)11-5-6-11)8-7-18-16(23)24-17(2,3)4/h9,11H,5-8H2,1-4H3,(H,18,23)(H,19,20,22). The zero-order valence-electron chi connectivity index (χ0n) is 14.6. The Morgan fingerprint density at radius 3 is 2.79 bits per heavy atom. The van der Waals surface area contributed by atoms with Crippen LogP contribution >= 0.6 is 0 Å². The van der Waals surface area contributed by atoms with Gasteiger partial charge >= 0.3 is 6.09 Å². The second kappa shape index (κ2) is 5.96. The summed E-state index contributed by atoms with van der Waals surface area (Å²) in [5.41, 5.74) is 2.89. The van der Waals surface area contributed by atoms with Gasteiger partial charge in [-0.05, 0) is 52.0 Å². The minimum atomic E-state index is -0.527. The van der Waals surface area contributed by atoms with Crippen molar-refractivity contribution in [2.24, 2.45) is 0 Å². The quantitative estimate of drug-likeness (QED) is 0.900. The molecule has 0 unspecified atom stereocenters. The van der Waals surface area contributed by atoms with E-state index in [-0.39, 0.29) is 5.56 Å². The summed E-state index contributed by atoms with van der Waals surface area (Å²) in [6, 6.07) is 0. The molecular formula is C17H24N4O3.